The lowest BCUT2D eigenvalue weighted by Gasteiger charge is -2.21. The molecule has 1 saturated heterocycles. The summed E-state index contributed by atoms with van der Waals surface area (Å²) in [4.78, 5) is 2.28. The van der Waals surface area contributed by atoms with E-state index in [-0.39, 0.29) is 12.3 Å². The minimum Gasteiger partial charge on any atom is -0.497 e. The fourth-order valence-electron chi connectivity index (χ4n) is 2.86. The van der Waals surface area contributed by atoms with Crippen molar-refractivity contribution in [1.82, 2.24) is 4.90 Å². The Balaban J connectivity index is 1.84. The first-order chi connectivity index (χ1) is 10.2. The Hall–Kier alpha value is -1.84. The van der Waals surface area contributed by atoms with Gasteiger partial charge in [0.15, 0.2) is 0 Å². The molecule has 0 N–H and O–H groups in total. The average Bonchev–Trinajstić information content (AvgIpc) is 2.84. The number of methoxy groups -OCH3 is 1. The van der Waals surface area contributed by atoms with Crippen molar-refractivity contribution in [3.05, 3.63) is 65.7 Å². The van der Waals surface area contributed by atoms with Crippen molar-refractivity contribution in [2.24, 2.45) is 0 Å². The summed E-state index contributed by atoms with van der Waals surface area (Å²) >= 11 is 0. The van der Waals surface area contributed by atoms with E-state index in [1.165, 1.54) is 5.56 Å². The van der Waals surface area contributed by atoms with Gasteiger partial charge in [0.1, 0.15) is 18.1 Å². The highest BCUT2D eigenvalue weighted by Crippen LogP contribution is 2.41. The van der Waals surface area contributed by atoms with Crippen LogP contribution in [0.3, 0.4) is 0 Å². The van der Waals surface area contributed by atoms with E-state index in [9.17, 15) is 0 Å². The first-order valence-corrected chi connectivity index (χ1v) is 7.27. The molecule has 0 aromatic heterocycles. The standard InChI is InChI=1S/C18H21NO2/c1-13-17(14-7-5-4-6-8-14)21-18(19(13)2)15-9-11-16(20-3)12-10-15/h4-13,17-18H,1-3H3. The lowest BCUT2D eigenvalue weighted by Crippen LogP contribution is -2.27. The van der Waals surface area contributed by atoms with Gasteiger partial charge >= 0.3 is 0 Å². The van der Waals surface area contributed by atoms with Gasteiger partial charge in [-0.15, -0.1) is 0 Å². The van der Waals surface area contributed by atoms with Crippen molar-refractivity contribution >= 4 is 0 Å². The second-order valence-corrected chi connectivity index (χ2v) is 5.50. The molecule has 0 aliphatic carbocycles. The number of benzene rings is 2. The van der Waals surface area contributed by atoms with Crippen LogP contribution in [0.1, 0.15) is 30.4 Å². The van der Waals surface area contributed by atoms with Gasteiger partial charge in [-0.3, -0.25) is 4.90 Å². The number of hydrogen-bond donors (Lipinski definition) is 0. The van der Waals surface area contributed by atoms with Crippen molar-refractivity contribution in [2.75, 3.05) is 14.2 Å². The second kappa shape index (κ2) is 5.88. The van der Waals surface area contributed by atoms with Crippen LogP contribution in [-0.4, -0.2) is 25.1 Å². The minimum atomic E-state index is -0.0175. The molecule has 2 aromatic carbocycles. The van der Waals surface area contributed by atoms with Crippen LogP contribution in [0.25, 0.3) is 0 Å². The maximum absolute atomic E-state index is 6.32. The van der Waals surface area contributed by atoms with E-state index in [4.69, 9.17) is 9.47 Å². The third-order valence-electron chi connectivity index (χ3n) is 4.26. The van der Waals surface area contributed by atoms with Crippen LogP contribution < -0.4 is 4.74 Å². The summed E-state index contributed by atoms with van der Waals surface area (Å²) in [5, 5.41) is 0. The molecule has 1 heterocycles. The van der Waals surface area contributed by atoms with E-state index >= 15 is 0 Å². The van der Waals surface area contributed by atoms with Gasteiger partial charge in [-0.1, -0.05) is 42.5 Å². The minimum absolute atomic E-state index is 0.0175. The van der Waals surface area contributed by atoms with E-state index < -0.39 is 0 Å². The highest BCUT2D eigenvalue weighted by atomic mass is 16.5. The molecule has 21 heavy (non-hydrogen) atoms. The maximum Gasteiger partial charge on any atom is 0.137 e. The zero-order valence-corrected chi connectivity index (χ0v) is 12.7. The monoisotopic (exact) mass is 283 g/mol. The van der Waals surface area contributed by atoms with Crippen LogP contribution in [0, 0.1) is 0 Å². The van der Waals surface area contributed by atoms with Crippen molar-refractivity contribution in [1.29, 1.82) is 0 Å². The van der Waals surface area contributed by atoms with Crippen molar-refractivity contribution in [3.63, 3.8) is 0 Å². The molecule has 3 atom stereocenters. The Morgan fingerprint density at radius 1 is 0.952 bits per heavy atom. The summed E-state index contributed by atoms with van der Waals surface area (Å²) in [7, 11) is 3.79. The number of nitrogens with zero attached hydrogens (tertiary/aromatic N) is 1. The molecular formula is C18H21NO2. The summed E-state index contributed by atoms with van der Waals surface area (Å²) in [5.41, 5.74) is 2.39. The van der Waals surface area contributed by atoms with Crippen LogP contribution in [0.4, 0.5) is 0 Å². The average molecular weight is 283 g/mol. The number of rotatable bonds is 3. The summed E-state index contributed by atoms with van der Waals surface area (Å²) < 4.78 is 11.5. The summed E-state index contributed by atoms with van der Waals surface area (Å²) in [5.74, 6) is 0.868. The Labute approximate surface area is 126 Å². The molecule has 2 aromatic rings. The highest BCUT2D eigenvalue weighted by molar-refractivity contribution is 5.29. The molecule has 1 aliphatic heterocycles. The smallest absolute Gasteiger partial charge is 0.137 e. The first-order valence-electron chi connectivity index (χ1n) is 7.27. The Bertz CT molecular complexity index is 582. The molecule has 3 heteroatoms. The fraction of sp³-hybridized carbons (Fsp3) is 0.333. The molecule has 1 aliphatic rings. The van der Waals surface area contributed by atoms with Crippen molar-refractivity contribution in [3.8, 4) is 5.75 Å². The van der Waals surface area contributed by atoms with Crippen LogP contribution in [-0.2, 0) is 4.74 Å². The predicted molar refractivity (Wildman–Crippen MR) is 83.2 cm³/mol. The number of ether oxygens (including phenoxy) is 2. The summed E-state index contributed by atoms with van der Waals surface area (Å²) in [6, 6.07) is 18.8. The largest absolute Gasteiger partial charge is 0.497 e. The third kappa shape index (κ3) is 2.67. The van der Waals surface area contributed by atoms with E-state index in [0.717, 1.165) is 11.3 Å². The lowest BCUT2D eigenvalue weighted by atomic mass is 10.0. The number of likely N-dealkylation sites (N-methyl/N-ethyl adjacent to an activating group) is 1. The zero-order chi connectivity index (χ0) is 14.8. The quantitative estimate of drug-likeness (QED) is 0.855. The second-order valence-electron chi connectivity index (χ2n) is 5.50. The molecule has 0 spiro atoms. The SMILES string of the molecule is COc1ccc(C2OC(c3ccccc3)C(C)N2C)cc1. The van der Waals surface area contributed by atoms with Gasteiger partial charge in [0.25, 0.3) is 0 Å². The first kappa shape index (κ1) is 14.1. The Morgan fingerprint density at radius 3 is 2.24 bits per heavy atom. The molecule has 3 unspecified atom stereocenters. The molecular weight excluding hydrogens is 262 g/mol. The van der Waals surface area contributed by atoms with Gasteiger partial charge in [-0.2, -0.15) is 0 Å². The summed E-state index contributed by atoms with van der Waals surface area (Å²) in [6.45, 7) is 2.21. The highest BCUT2D eigenvalue weighted by Gasteiger charge is 2.38. The van der Waals surface area contributed by atoms with Gasteiger partial charge in [-0.25, -0.2) is 0 Å². The van der Waals surface area contributed by atoms with Crippen molar-refractivity contribution in [2.45, 2.75) is 25.3 Å². The Morgan fingerprint density at radius 2 is 1.62 bits per heavy atom. The van der Waals surface area contributed by atoms with Crippen LogP contribution in [0.2, 0.25) is 0 Å². The Kier molecular flexibility index (Phi) is 3.95. The zero-order valence-electron chi connectivity index (χ0n) is 12.7. The third-order valence-corrected chi connectivity index (χ3v) is 4.26. The van der Waals surface area contributed by atoms with E-state index in [1.807, 2.05) is 18.2 Å². The van der Waals surface area contributed by atoms with Crippen molar-refractivity contribution < 1.29 is 9.47 Å². The van der Waals surface area contributed by atoms with E-state index in [0.29, 0.717) is 6.04 Å². The van der Waals surface area contributed by atoms with Crippen LogP contribution in [0.5, 0.6) is 5.75 Å². The van der Waals surface area contributed by atoms with E-state index in [1.54, 1.807) is 7.11 Å². The van der Waals surface area contributed by atoms with Gasteiger partial charge in [0.2, 0.25) is 0 Å². The van der Waals surface area contributed by atoms with E-state index in [2.05, 4.69) is 55.3 Å². The van der Waals surface area contributed by atoms with Gasteiger partial charge in [0.05, 0.1) is 7.11 Å². The number of hydrogen-bond acceptors (Lipinski definition) is 3. The topological polar surface area (TPSA) is 21.7 Å². The molecule has 3 nitrogen and oxygen atoms in total. The molecule has 0 radical (unpaired) electrons. The molecule has 0 amide bonds. The predicted octanol–water partition coefficient (Wildman–Crippen LogP) is 3.79. The van der Waals surface area contributed by atoms with Gasteiger partial charge < -0.3 is 9.47 Å². The molecule has 0 bridgehead atoms. The fourth-order valence-corrected chi connectivity index (χ4v) is 2.86. The normalized spacial score (nSPS) is 26.0. The van der Waals surface area contributed by atoms with Crippen LogP contribution in [0.15, 0.2) is 54.6 Å². The summed E-state index contributed by atoms with van der Waals surface area (Å²) in [6.07, 6.45) is 0.0828. The van der Waals surface area contributed by atoms with Crippen LogP contribution >= 0.6 is 0 Å². The lowest BCUT2D eigenvalue weighted by molar-refractivity contribution is 0.00558. The van der Waals surface area contributed by atoms with Gasteiger partial charge in [0, 0.05) is 6.04 Å². The molecule has 0 saturated carbocycles. The molecule has 110 valence electrons. The molecule has 3 rings (SSSR count). The van der Waals surface area contributed by atoms with Gasteiger partial charge in [-0.05, 0) is 37.2 Å². The maximum atomic E-state index is 6.32. The molecule has 1 fully saturated rings.